The number of imidazole rings is 1. The average Bonchev–Trinajstić information content (AvgIpc) is 2.71. The molecule has 0 unspecified atom stereocenters. The van der Waals surface area contributed by atoms with Gasteiger partial charge in [-0.2, -0.15) is 0 Å². The molecule has 0 fully saturated rings. The van der Waals surface area contributed by atoms with E-state index < -0.39 is 0 Å². The maximum absolute atomic E-state index is 5.48. The van der Waals surface area contributed by atoms with E-state index >= 15 is 0 Å². The van der Waals surface area contributed by atoms with Gasteiger partial charge in [0.2, 0.25) is 0 Å². The zero-order chi connectivity index (χ0) is 9.10. The minimum Gasteiger partial charge on any atom is -0.360 e. The molecule has 0 bridgehead atoms. The Morgan fingerprint density at radius 3 is 3.00 bits per heavy atom. The second kappa shape index (κ2) is 3.45. The van der Waals surface area contributed by atoms with E-state index in [-0.39, 0.29) is 0 Å². The van der Waals surface area contributed by atoms with Gasteiger partial charge in [-0.25, -0.2) is 4.98 Å². The van der Waals surface area contributed by atoms with Crippen LogP contribution in [0.25, 0.3) is 11.4 Å². The van der Waals surface area contributed by atoms with E-state index in [1.54, 1.807) is 6.33 Å². The van der Waals surface area contributed by atoms with Crippen LogP contribution >= 0.6 is 0 Å². The Kier molecular flexibility index (Phi) is 2.14. The molecule has 0 aliphatic carbocycles. The van der Waals surface area contributed by atoms with Crippen LogP contribution in [0.1, 0.15) is 5.69 Å². The molecule has 13 heavy (non-hydrogen) atoms. The fourth-order valence-electron chi connectivity index (χ4n) is 1.37. The number of H-pyrrole nitrogens is 2. The van der Waals surface area contributed by atoms with Gasteiger partial charge in [0.05, 0.1) is 12.0 Å². The summed E-state index contributed by atoms with van der Waals surface area (Å²) in [6.07, 6.45) is 4.41. The molecule has 0 atom stereocenters. The molecule has 0 aliphatic rings. The highest BCUT2D eigenvalue weighted by Crippen LogP contribution is 2.17. The first-order valence-electron chi connectivity index (χ1n) is 4.28. The minimum atomic E-state index is 0.635. The summed E-state index contributed by atoms with van der Waals surface area (Å²) in [5.41, 5.74) is 8.57. The molecule has 0 saturated heterocycles. The number of rotatable bonds is 3. The standard InChI is InChI=1S/C9H12N4/c10-4-3-8-9(13-6-12-8)7-2-1-5-11-7/h1-2,5-6,11H,3-4,10H2,(H,12,13). The molecule has 0 saturated carbocycles. The predicted octanol–water partition coefficient (Wildman–Crippen LogP) is 0.906. The summed E-state index contributed by atoms with van der Waals surface area (Å²) in [6, 6.07) is 3.95. The Morgan fingerprint density at radius 2 is 2.31 bits per heavy atom. The van der Waals surface area contributed by atoms with Gasteiger partial charge in [-0.15, -0.1) is 0 Å². The van der Waals surface area contributed by atoms with Crippen LogP contribution in [0.4, 0.5) is 0 Å². The molecule has 2 aromatic heterocycles. The van der Waals surface area contributed by atoms with Gasteiger partial charge in [0.25, 0.3) is 0 Å². The molecule has 4 heteroatoms. The average molecular weight is 176 g/mol. The van der Waals surface area contributed by atoms with Gasteiger partial charge in [-0.05, 0) is 18.7 Å². The first kappa shape index (κ1) is 8.07. The second-order valence-corrected chi connectivity index (χ2v) is 2.85. The highest BCUT2D eigenvalue weighted by Gasteiger charge is 2.06. The molecule has 0 amide bonds. The van der Waals surface area contributed by atoms with Crippen molar-refractivity contribution in [3.63, 3.8) is 0 Å². The summed E-state index contributed by atoms with van der Waals surface area (Å²) >= 11 is 0. The second-order valence-electron chi connectivity index (χ2n) is 2.85. The van der Waals surface area contributed by atoms with Crippen LogP contribution in [0.3, 0.4) is 0 Å². The Labute approximate surface area is 76.2 Å². The number of nitrogens with two attached hydrogens (primary N) is 1. The van der Waals surface area contributed by atoms with Gasteiger partial charge in [-0.3, -0.25) is 0 Å². The monoisotopic (exact) mass is 176 g/mol. The molecule has 4 N–H and O–H groups in total. The van der Waals surface area contributed by atoms with E-state index in [1.807, 2.05) is 18.3 Å². The van der Waals surface area contributed by atoms with Gasteiger partial charge in [0.1, 0.15) is 5.69 Å². The third-order valence-corrected chi connectivity index (χ3v) is 1.97. The molecule has 2 heterocycles. The van der Waals surface area contributed by atoms with Crippen LogP contribution in [-0.2, 0) is 6.42 Å². The molecule has 0 spiro atoms. The fourth-order valence-corrected chi connectivity index (χ4v) is 1.37. The van der Waals surface area contributed by atoms with Crippen molar-refractivity contribution in [1.29, 1.82) is 0 Å². The largest absolute Gasteiger partial charge is 0.360 e. The maximum atomic E-state index is 5.48. The Hall–Kier alpha value is -1.55. The van der Waals surface area contributed by atoms with Crippen LogP contribution < -0.4 is 5.73 Å². The Bertz CT molecular complexity index is 361. The number of hydrogen-bond donors (Lipinski definition) is 3. The molecule has 0 aromatic carbocycles. The quantitative estimate of drug-likeness (QED) is 0.650. The van der Waals surface area contributed by atoms with Gasteiger partial charge in [0, 0.05) is 18.3 Å². The van der Waals surface area contributed by atoms with Gasteiger partial charge in [0.15, 0.2) is 0 Å². The van der Waals surface area contributed by atoms with Crippen molar-refractivity contribution in [2.75, 3.05) is 6.54 Å². The van der Waals surface area contributed by atoms with E-state index in [0.29, 0.717) is 6.54 Å². The normalized spacial score (nSPS) is 10.5. The molecular formula is C9H12N4. The van der Waals surface area contributed by atoms with Crippen molar-refractivity contribution in [1.82, 2.24) is 15.0 Å². The van der Waals surface area contributed by atoms with Gasteiger partial charge >= 0.3 is 0 Å². The fraction of sp³-hybridized carbons (Fsp3) is 0.222. The van der Waals surface area contributed by atoms with E-state index in [1.165, 1.54) is 0 Å². The van der Waals surface area contributed by atoms with E-state index in [0.717, 1.165) is 23.5 Å². The lowest BCUT2D eigenvalue weighted by Crippen LogP contribution is -2.04. The first-order chi connectivity index (χ1) is 6.42. The maximum Gasteiger partial charge on any atom is 0.107 e. The molecule has 2 rings (SSSR count). The van der Waals surface area contributed by atoms with Crippen molar-refractivity contribution in [2.24, 2.45) is 5.73 Å². The van der Waals surface area contributed by atoms with Crippen molar-refractivity contribution < 1.29 is 0 Å². The third kappa shape index (κ3) is 1.48. The van der Waals surface area contributed by atoms with Crippen LogP contribution in [0.5, 0.6) is 0 Å². The van der Waals surface area contributed by atoms with Gasteiger partial charge < -0.3 is 15.7 Å². The number of nitrogens with zero attached hydrogens (tertiary/aromatic N) is 1. The molecule has 0 radical (unpaired) electrons. The summed E-state index contributed by atoms with van der Waals surface area (Å²) in [5.74, 6) is 0. The lowest BCUT2D eigenvalue weighted by molar-refractivity contribution is 0.936. The van der Waals surface area contributed by atoms with E-state index in [2.05, 4.69) is 15.0 Å². The zero-order valence-corrected chi connectivity index (χ0v) is 7.25. The van der Waals surface area contributed by atoms with Crippen molar-refractivity contribution in [2.45, 2.75) is 6.42 Å². The Morgan fingerprint density at radius 1 is 1.38 bits per heavy atom. The third-order valence-electron chi connectivity index (χ3n) is 1.97. The zero-order valence-electron chi connectivity index (χ0n) is 7.25. The van der Waals surface area contributed by atoms with Crippen LogP contribution in [0, 0.1) is 0 Å². The van der Waals surface area contributed by atoms with Crippen molar-refractivity contribution >= 4 is 0 Å². The first-order valence-corrected chi connectivity index (χ1v) is 4.28. The SMILES string of the molecule is NCCc1[nH]cnc1-c1ccc[nH]1. The van der Waals surface area contributed by atoms with Crippen molar-refractivity contribution in [3.05, 3.63) is 30.4 Å². The summed E-state index contributed by atoms with van der Waals surface area (Å²) in [6.45, 7) is 0.635. The molecule has 68 valence electrons. The highest BCUT2D eigenvalue weighted by atomic mass is 14.9. The number of hydrogen-bond acceptors (Lipinski definition) is 2. The van der Waals surface area contributed by atoms with E-state index in [9.17, 15) is 0 Å². The lowest BCUT2D eigenvalue weighted by atomic mass is 10.2. The van der Waals surface area contributed by atoms with E-state index in [4.69, 9.17) is 5.73 Å². The number of nitrogens with one attached hydrogen (secondary N) is 2. The molecule has 0 aliphatic heterocycles. The summed E-state index contributed by atoms with van der Waals surface area (Å²) in [4.78, 5) is 10.4. The van der Waals surface area contributed by atoms with Gasteiger partial charge in [-0.1, -0.05) is 0 Å². The summed E-state index contributed by atoms with van der Waals surface area (Å²) < 4.78 is 0. The van der Waals surface area contributed by atoms with Crippen molar-refractivity contribution in [3.8, 4) is 11.4 Å². The van der Waals surface area contributed by atoms with Crippen LogP contribution in [-0.4, -0.2) is 21.5 Å². The van der Waals surface area contributed by atoms with Crippen LogP contribution in [0.15, 0.2) is 24.7 Å². The summed E-state index contributed by atoms with van der Waals surface area (Å²) in [7, 11) is 0. The predicted molar refractivity (Wildman–Crippen MR) is 51.1 cm³/mol. The minimum absolute atomic E-state index is 0.635. The number of aromatic nitrogens is 3. The van der Waals surface area contributed by atoms with Crippen LogP contribution in [0.2, 0.25) is 0 Å². The summed E-state index contributed by atoms with van der Waals surface area (Å²) in [5, 5.41) is 0. The highest BCUT2D eigenvalue weighted by molar-refractivity contribution is 5.57. The number of aromatic amines is 2. The topological polar surface area (TPSA) is 70.5 Å². The Balaban J connectivity index is 2.35. The molecule has 2 aromatic rings. The molecule has 4 nitrogen and oxygen atoms in total. The molecular weight excluding hydrogens is 164 g/mol. The smallest absolute Gasteiger partial charge is 0.107 e. The lowest BCUT2D eigenvalue weighted by Gasteiger charge is -1.97.